The lowest BCUT2D eigenvalue weighted by Crippen LogP contribution is -2.20. The number of nitrogens with zero attached hydrogens (tertiary/aromatic N) is 3. The van der Waals surface area contributed by atoms with Gasteiger partial charge in [0.15, 0.2) is 5.82 Å². The number of nitriles is 1. The molecule has 0 saturated carbocycles. The normalized spacial score (nSPS) is 11.3. The smallest absolute Gasteiger partial charge is 0.227 e. The van der Waals surface area contributed by atoms with E-state index in [2.05, 4.69) is 10.1 Å². The van der Waals surface area contributed by atoms with Crippen molar-refractivity contribution in [3.05, 3.63) is 47.4 Å². The average molecular weight is 259 g/mol. The zero-order valence-electron chi connectivity index (χ0n) is 10.9. The number of hydrogen-bond acceptors (Lipinski definition) is 4. The van der Waals surface area contributed by atoms with Gasteiger partial charge in [0.05, 0.1) is 11.5 Å². The van der Waals surface area contributed by atoms with Crippen LogP contribution in [0.1, 0.15) is 37.5 Å². The van der Waals surface area contributed by atoms with E-state index in [9.17, 15) is 4.39 Å². The molecule has 5 heteroatoms. The maximum Gasteiger partial charge on any atom is 0.227 e. The second-order valence-electron chi connectivity index (χ2n) is 4.80. The van der Waals surface area contributed by atoms with Gasteiger partial charge in [0, 0.05) is 12.8 Å². The molecule has 2 rings (SSSR count). The fourth-order valence-corrected chi connectivity index (χ4v) is 1.77. The van der Waals surface area contributed by atoms with Crippen LogP contribution in [-0.2, 0) is 11.8 Å². The maximum absolute atomic E-state index is 12.9. The summed E-state index contributed by atoms with van der Waals surface area (Å²) < 4.78 is 18.1. The zero-order chi connectivity index (χ0) is 13.9. The molecule has 0 radical (unpaired) electrons. The fourth-order valence-electron chi connectivity index (χ4n) is 1.77. The standard InChI is InChI=1S/C14H14FN3O/c1-14(2,10-5-7-11(15)8-6-10)13-17-12(19-18-13)4-3-9-16/h5-8H,3-4H2,1-2H3. The van der Waals surface area contributed by atoms with E-state index >= 15 is 0 Å². The Morgan fingerprint density at radius 1 is 1.32 bits per heavy atom. The van der Waals surface area contributed by atoms with E-state index in [0.717, 1.165) is 5.56 Å². The van der Waals surface area contributed by atoms with Gasteiger partial charge in [0.1, 0.15) is 5.82 Å². The predicted octanol–water partition coefficient (Wildman–Crippen LogP) is 2.99. The van der Waals surface area contributed by atoms with Crippen LogP contribution in [0.3, 0.4) is 0 Å². The van der Waals surface area contributed by atoms with E-state index < -0.39 is 5.41 Å². The van der Waals surface area contributed by atoms with Gasteiger partial charge in [0.2, 0.25) is 5.89 Å². The molecule has 1 aromatic heterocycles. The first-order valence-corrected chi connectivity index (χ1v) is 6.00. The Morgan fingerprint density at radius 2 is 2.00 bits per heavy atom. The van der Waals surface area contributed by atoms with Crippen LogP contribution >= 0.6 is 0 Å². The summed E-state index contributed by atoms with van der Waals surface area (Å²) in [6.45, 7) is 3.89. The fraction of sp³-hybridized carbons (Fsp3) is 0.357. The third-order valence-electron chi connectivity index (χ3n) is 3.04. The highest BCUT2D eigenvalue weighted by Crippen LogP contribution is 2.29. The summed E-state index contributed by atoms with van der Waals surface area (Å²) >= 11 is 0. The van der Waals surface area contributed by atoms with Crippen molar-refractivity contribution >= 4 is 0 Å². The molecule has 0 atom stereocenters. The second kappa shape index (κ2) is 5.19. The largest absolute Gasteiger partial charge is 0.339 e. The van der Waals surface area contributed by atoms with Crippen LogP contribution in [0.2, 0.25) is 0 Å². The first-order valence-electron chi connectivity index (χ1n) is 6.00. The Labute approximate surface area is 110 Å². The minimum Gasteiger partial charge on any atom is -0.339 e. The van der Waals surface area contributed by atoms with Crippen LogP contribution in [0.15, 0.2) is 28.8 Å². The van der Waals surface area contributed by atoms with E-state index in [1.54, 1.807) is 12.1 Å². The van der Waals surface area contributed by atoms with Gasteiger partial charge in [0.25, 0.3) is 0 Å². The van der Waals surface area contributed by atoms with Crippen LogP contribution in [0.25, 0.3) is 0 Å². The van der Waals surface area contributed by atoms with Crippen molar-refractivity contribution in [2.45, 2.75) is 32.1 Å². The van der Waals surface area contributed by atoms with Gasteiger partial charge in [-0.05, 0) is 31.5 Å². The van der Waals surface area contributed by atoms with Gasteiger partial charge in [-0.25, -0.2) is 4.39 Å². The molecule has 98 valence electrons. The van der Waals surface area contributed by atoms with Gasteiger partial charge < -0.3 is 4.52 Å². The molecule has 19 heavy (non-hydrogen) atoms. The van der Waals surface area contributed by atoms with Gasteiger partial charge in [-0.2, -0.15) is 10.2 Å². The Hall–Kier alpha value is -2.22. The third-order valence-corrected chi connectivity index (χ3v) is 3.04. The third kappa shape index (κ3) is 2.79. The van der Waals surface area contributed by atoms with Gasteiger partial charge in [-0.1, -0.05) is 17.3 Å². The molecule has 0 spiro atoms. The summed E-state index contributed by atoms with van der Waals surface area (Å²) in [4.78, 5) is 4.30. The number of hydrogen-bond donors (Lipinski definition) is 0. The highest BCUT2D eigenvalue weighted by molar-refractivity contribution is 5.30. The lowest BCUT2D eigenvalue weighted by molar-refractivity contribution is 0.366. The first-order chi connectivity index (χ1) is 9.04. The van der Waals surface area contributed by atoms with E-state index in [-0.39, 0.29) is 5.82 Å². The number of halogens is 1. The van der Waals surface area contributed by atoms with Gasteiger partial charge in [-0.15, -0.1) is 0 Å². The van der Waals surface area contributed by atoms with Crippen molar-refractivity contribution in [3.8, 4) is 6.07 Å². The monoisotopic (exact) mass is 259 g/mol. The molecule has 0 bridgehead atoms. The van der Waals surface area contributed by atoms with E-state index in [4.69, 9.17) is 9.78 Å². The average Bonchev–Trinajstić information content (AvgIpc) is 2.86. The molecule has 1 heterocycles. The topological polar surface area (TPSA) is 62.7 Å². The van der Waals surface area contributed by atoms with Crippen LogP contribution in [0, 0.1) is 17.1 Å². The SMILES string of the molecule is CC(C)(c1ccc(F)cc1)c1noc(CCC#N)n1. The summed E-state index contributed by atoms with van der Waals surface area (Å²) in [5.74, 6) is 0.709. The minimum atomic E-state index is -0.470. The van der Waals surface area contributed by atoms with Crippen LogP contribution in [0.5, 0.6) is 0 Å². The molecule has 0 fully saturated rings. The van der Waals surface area contributed by atoms with Crippen molar-refractivity contribution < 1.29 is 8.91 Å². The van der Waals surface area contributed by atoms with E-state index in [1.807, 2.05) is 19.9 Å². The summed E-state index contributed by atoms with van der Waals surface area (Å²) in [6.07, 6.45) is 0.793. The summed E-state index contributed by atoms with van der Waals surface area (Å²) in [7, 11) is 0. The molecular weight excluding hydrogens is 245 g/mol. The molecule has 0 saturated heterocycles. The molecule has 0 N–H and O–H groups in total. The van der Waals surface area contributed by atoms with Crippen LogP contribution in [-0.4, -0.2) is 10.1 Å². The van der Waals surface area contributed by atoms with Crippen LogP contribution < -0.4 is 0 Å². The first kappa shape index (κ1) is 13.2. The van der Waals surface area contributed by atoms with E-state index in [0.29, 0.717) is 24.6 Å². The van der Waals surface area contributed by atoms with Crippen LogP contribution in [0.4, 0.5) is 4.39 Å². The number of aromatic nitrogens is 2. The highest BCUT2D eigenvalue weighted by atomic mass is 19.1. The van der Waals surface area contributed by atoms with Crippen molar-refractivity contribution in [3.63, 3.8) is 0 Å². The predicted molar refractivity (Wildman–Crippen MR) is 66.8 cm³/mol. The minimum absolute atomic E-state index is 0.276. The van der Waals surface area contributed by atoms with Crippen molar-refractivity contribution in [2.75, 3.05) is 0 Å². The Morgan fingerprint density at radius 3 is 2.63 bits per heavy atom. The number of rotatable bonds is 4. The molecule has 0 aliphatic carbocycles. The lowest BCUT2D eigenvalue weighted by Gasteiger charge is -2.20. The Kier molecular flexibility index (Phi) is 3.61. The Balaban J connectivity index is 2.26. The summed E-state index contributed by atoms with van der Waals surface area (Å²) in [6, 6.07) is 8.27. The summed E-state index contributed by atoms with van der Waals surface area (Å²) in [5, 5.41) is 12.5. The van der Waals surface area contributed by atoms with Crippen molar-refractivity contribution in [2.24, 2.45) is 0 Å². The molecule has 0 aliphatic heterocycles. The molecule has 1 aromatic carbocycles. The molecule has 0 amide bonds. The van der Waals surface area contributed by atoms with Gasteiger partial charge >= 0.3 is 0 Å². The van der Waals surface area contributed by atoms with E-state index in [1.165, 1.54) is 12.1 Å². The summed E-state index contributed by atoms with van der Waals surface area (Å²) in [5.41, 5.74) is 0.434. The molecular formula is C14H14FN3O. The molecule has 0 unspecified atom stereocenters. The highest BCUT2D eigenvalue weighted by Gasteiger charge is 2.28. The van der Waals surface area contributed by atoms with Gasteiger partial charge in [-0.3, -0.25) is 0 Å². The maximum atomic E-state index is 12.9. The zero-order valence-corrected chi connectivity index (χ0v) is 10.9. The second-order valence-corrected chi connectivity index (χ2v) is 4.80. The number of aryl methyl sites for hydroxylation is 1. The molecule has 2 aromatic rings. The molecule has 4 nitrogen and oxygen atoms in total. The number of benzene rings is 1. The van der Waals surface area contributed by atoms with Crippen molar-refractivity contribution in [1.82, 2.24) is 10.1 Å². The van der Waals surface area contributed by atoms with Crippen molar-refractivity contribution in [1.29, 1.82) is 5.26 Å². The molecule has 0 aliphatic rings. The Bertz CT molecular complexity index is 596. The quantitative estimate of drug-likeness (QED) is 0.846. The lowest BCUT2D eigenvalue weighted by atomic mass is 9.84.